The zero-order valence-electron chi connectivity index (χ0n) is 21.5. The minimum atomic E-state index is -0.915. The van der Waals surface area contributed by atoms with Gasteiger partial charge in [0.1, 0.15) is 23.9 Å². The van der Waals surface area contributed by atoms with E-state index in [-0.39, 0.29) is 29.0 Å². The van der Waals surface area contributed by atoms with Crippen LogP contribution in [0.1, 0.15) is 70.4 Å². The molecule has 2 aromatic carbocycles. The van der Waals surface area contributed by atoms with Crippen molar-refractivity contribution in [2.45, 2.75) is 78.1 Å². The third kappa shape index (κ3) is 5.85. The first-order chi connectivity index (χ1) is 16.9. The van der Waals surface area contributed by atoms with Crippen LogP contribution in [0.15, 0.2) is 48.5 Å². The van der Waals surface area contributed by atoms with Crippen LogP contribution in [0, 0.1) is 22.7 Å². The van der Waals surface area contributed by atoms with Gasteiger partial charge in [-0.15, -0.1) is 0 Å². The summed E-state index contributed by atoms with van der Waals surface area (Å²) < 4.78 is 6.22. The quantitative estimate of drug-likeness (QED) is 0.516. The molecule has 0 amide bonds. The molecule has 0 heterocycles. The fourth-order valence-electron chi connectivity index (χ4n) is 6.30. The third-order valence-electron chi connectivity index (χ3n) is 7.74. The van der Waals surface area contributed by atoms with Crippen LogP contribution in [-0.4, -0.2) is 34.0 Å². The van der Waals surface area contributed by atoms with Gasteiger partial charge in [-0.25, -0.2) is 0 Å². The van der Waals surface area contributed by atoms with E-state index in [2.05, 4.69) is 0 Å². The molecule has 0 spiro atoms. The second kappa shape index (κ2) is 10.3. The molecule has 2 saturated carbocycles. The highest BCUT2D eigenvalue weighted by Gasteiger charge is 2.52. The first-order valence-corrected chi connectivity index (χ1v) is 13.1. The van der Waals surface area contributed by atoms with E-state index in [9.17, 15) is 19.8 Å². The summed E-state index contributed by atoms with van der Waals surface area (Å²) >= 11 is 6.14. The Morgan fingerprint density at radius 3 is 1.97 bits per heavy atom. The summed E-state index contributed by atoms with van der Waals surface area (Å²) in [6, 6.07) is 14.8. The number of aliphatic hydroxyl groups excluding tert-OH is 2. The smallest absolute Gasteiger partial charge is 0.139 e. The second-order valence-corrected chi connectivity index (χ2v) is 12.6. The number of ether oxygens (including phenoxy) is 1. The number of hydrogen-bond acceptors (Lipinski definition) is 5. The molecule has 5 nitrogen and oxygen atoms in total. The van der Waals surface area contributed by atoms with E-state index >= 15 is 0 Å². The molecule has 5 atom stereocenters. The highest BCUT2D eigenvalue weighted by atomic mass is 35.5. The first kappa shape index (κ1) is 26.8. The molecule has 0 aromatic heterocycles. The van der Waals surface area contributed by atoms with E-state index in [1.807, 2.05) is 70.2 Å². The molecule has 1 unspecified atom stereocenters. The van der Waals surface area contributed by atoms with Crippen molar-refractivity contribution in [2.24, 2.45) is 22.7 Å². The number of rotatable bonds is 6. The highest BCUT2D eigenvalue weighted by molar-refractivity contribution is 6.30. The van der Waals surface area contributed by atoms with Gasteiger partial charge in [0, 0.05) is 23.8 Å². The Balaban J connectivity index is 1.76. The van der Waals surface area contributed by atoms with E-state index in [4.69, 9.17) is 16.3 Å². The Morgan fingerprint density at radius 2 is 1.44 bits per heavy atom. The Kier molecular flexibility index (Phi) is 7.66. The van der Waals surface area contributed by atoms with Gasteiger partial charge in [-0.2, -0.15) is 0 Å². The Labute approximate surface area is 218 Å². The maximum atomic E-state index is 13.5. The zero-order valence-corrected chi connectivity index (χ0v) is 22.3. The lowest BCUT2D eigenvalue weighted by Crippen LogP contribution is -2.51. The van der Waals surface area contributed by atoms with Gasteiger partial charge in [0.2, 0.25) is 0 Å². The van der Waals surface area contributed by atoms with Crippen LogP contribution in [0.4, 0.5) is 0 Å². The van der Waals surface area contributed by atoms with Crippen molar-refractivity contribution >= 4 is 23.2 Å². The summed E-state index contributed by atoms with van der Waals surface area (Å²) in [6.45, 7) is 8.16. The SMILES string of the molecule is CC1(C)CC(=O)[C@H](C(c2ccccc2OCc2cccc(Cl)c2)[C@@H]2C(=O)CC(C)(C)C[C@@H]2O)[C@@H](O)C1. The second-order valence-electron chi connectivity index (χ2n) is 12.2. The lowest BCUT2D eigenvalue weighted by molar-refractivity contribution is -0.144. The summed E-state index contributed by atoms with van der Waals surface area (Å²) in [4.78, 5) is 27.1. The Bertz CT molecular complexity index is 1080. The predicted octanol–water partition coefficient (Wildman–Crippen LogP) is 5.74. The van der Waals surface area contributed by atoms with E-state index < -0.39 is 30.0 Å². The number of carbonyl (C=O) groups is 2. The molecular formula is C30H37ClO5. The van der Waals surface area contributed by atoms with Crippen LogP contribution in [0.5, 0.6) is 5.75 Å². The molecule has 36 heavy (non-hydrogen) atoms. The number of carbonyl (C=O) groups excluding carboxylic acids is 2. The molecule has 0 bridgehead atoms. The van der Waals surface area contributed by atoms with Gasteiger partial charge in [-0.1, -0.05) is 69.6 Å². The van der Waals surface area contributed by atoms with Gasteiger partial charge >= 0.3 is 0 Å². The van der Waals surface area contributed by atoms with Crippen LogP contribution in [0.2, 0.25) is 5.02 Å². The maximum absolute atomic E-state index is 13.5. The maximum Gasteiger partial charge on any atom is 0.139 e. The van der Waals surface area contributed by atoms with Gasteiger partial charge < -0.3 is 14.9 Å². The zero-order chi connectivity index (χ0) is 26.3. The molecule has 194 valence electrons. The number of benzene rings is 2. The van der Waals surface area contributed by atoms with Gasteiger partial charge in [-0.05, 0) is 53.0 Å². The molecule has 2 aromatic rings. The Hall–Kier alpha value is -2.21. The third-order valence-corrected chi connectivity index (χ3v) is 7.97. The van der Waals surface area contributed by atoms with Gasteiger partial charge in [0.05, 0.1) is 24.0 Å². The largest absolute Gasteiger partial charge is 0.489 e. The molecule has 2 aliphatic rings. The number of para-hydroxylation sites is 1. The minimum absolute atomic E-state index is 0.0711. The molecule has 0 aliphatic heterocycles. The van der Waals surface area contributed by atoms with Crippen LogP contribution in [0.25, 0.3) is 0 Å². The summed E-state index contributed by atoms with van der Waals surface area (Å²) in [5, 5.41) is 23.2. The lowest BCUT2D eigenvalue weighted by Gasteiger charge is -2.46. The molecule has 2 aliphatic carbocycles. The normalized spacial score (nSPS) is 28.5. The van der Waals surface area contributed by atoms with Crippen molar-refractivity contribution in [3.05, 3.63) is 64.7 Å². The van der Waals surface area contributed by atoms with E-state index in [1.54, 1.807) is 6.07 Å². The van der Waals surface area contributed by atoms with Crippen LogP contribution < -0.4 is 4.74 Å². The summed E-state index contributed by atoms with van der Waals surface area (Å²) in [5.41, 5.74) is 0.919. The van der Waals surface area contributed by atoms with E-state index in [0.717, 1.165) is 5.56 Å². The van der Waals surface area contributed by atoms with Crippen LogP contribution in [-0.2, 0) is 16.2 Å². The summed E-state index contributed by atoms with van der Waals surface area (Å²) in [7, 11) is 0. The van der Waals surface area contributed by atoms with Crippen LogP contribution in [0.3, 0.4) is 0 Å². The molecule has 6 heteroatoms. The fourth-order valence-corrected chi connectivity index (χ4v) is 6.52. The standard InChI is InChI=1S/C30H37ClO5/c1-29(2)13-21(32)27(22(33)14-29)26(28-23(34)15-30(3,4)16-24(28)35)20-10-5-6-11-25(20)36-17-18-8-7-9-19(31)12-18/h5-12,21,23,26-28,32,34H,13-17H2,1-4H3/t21-,23-,26?,27-,28+/m0/s1. The number of aliphatic hydroxyl groups is 2. The average molecular weight is 513 g/mol. The predicted molar refractivity (Wildman–Crippen MR) is 140 cm³/mol. The highest BCUT2D eigenvalue weighted by Crippen LogP contribution is 2.51. The van der Waals surface area contributed by atoms with Crippen molar-refractivity contribution in [2.75, 3.05) is 0 Å². The number of hydrogen-bond donors (Lipinski definition) is 2. The number of ketones is 2. The Morgan fingerprint density at radius 1 is 0.889 bits per heavy atom. The van der Waals surface area contributed by atoms with Crippen molar-refractivity contribution in [3.63, 3.8) is 0 Å². The monoisotopic (exact) mass is 512 g/mol. The van der Waals surface area contributed by atoms with Crippen molar-refractivity contribution in [1.82, 2.24) is 0 Å². The van der Waals surface area contributed by atoms with Crippen molar-refractivity contribution in [1.29, 1.82) is 0 Å². The minimum Gasteiger partial charge on any atom is -0.489 e. The fraction of sp³-hybridized carbons (Fsp3) is 0.533. The molecule has 0 radical (unpaired) electrons. The molecule has 2 fully saturated rings. The van der Waals surface area contributed by atoms with Gasteiger partial charge in [0.15, 0.2) is 0 Å². The summed E-state index contributed by atoms with van der Waals surface area (Å²) in [5.74, 6) is -1.87. The van der Waals surface area contributed by atoms with Crippen molar-refractivity contribution < 1.29 is 24.5 Å². The number of Topliss-reactive ketones (excluding diaryl/α,β-unsaturated/α-hetero) is 2. The topological polar surface area (TPSA) is 83.8 Å². The van der Waals surface area contributed by atoms with Gasteiger partial charge in [0.25, 0.3) is 0 Å². The summed E-state index contributed by atoms with van der Waals surface area (Å²) in [6.07, 6.45) is -0.287. The lowest BCUT2D eigenvalue weighted by atomic mass is 9.58. The van der Waals surface area contributed by atoms with Crippen molar-refractivity contribution in [3.8, 4) is 5.75 Å². The molecule has 0 saturated heterocycles. The van der Waals surface area contributed by atoms with Crippen LogP contribution >= 0.6 is 11.6 Å². The van der Waals surface area contributed by atoms with E-state index in [1.165, 1.54) is 0 Å². The van der Waals surface area contributed by atoms with Gasteiger partial charge in [-0.3, -0.25) is 9.59 Å². The molecule has 4 rings (SSSR count). The molecule has 2 N–H and O–H groups in total. The average Bonchev–Trinajstić information content (AvgIpc) is 2.74. The van der Waals surface area contributed by atoms with E-state index in [0.29, 0.717) is 42.0 Å². The first-order valence-electron chi connectivity index (χ1n) is 12.7. The number of halogens is 1. The molecular weight excluding hydrogens is 476 g/mol.